The van der Waals surface area contributed by atoms with Crippen LogP contribution in [0.2, 0.25) is 0 Å². The summed E-state index contributed by atoms with van der Waals surface area (Å²) in [7, 11) is 0. The van der Waals surface area contributed by atoms with Crippen LogP contribution in [0.1, 0.15) is 34.7 Å². The Bertz CT molecular complexity index is 609. The third kappa shape index (κ3) is 3.22. The lowest BCUT2D eigenvalue weighted by Gasteiger charge is -2.18. The van der Waals surface area contributed by atoms with Crippen molar-refractivity contribution < 1.29 is 9.47 Å². The number of hydrogen-bond donors (Lipinski definition) is 1. The van der Waals surface area contributed by atoms with Crippen LogP contribution in [0.25, 0.3) is 0 Å². The first-order valence-electron chi connectivity index (χ1n) is 7.47. The van der Waals surface area contributed by atoms with Crippen LogP contribution in [-0.2, 0) is 0 Å². The van der Waals surface area contributed by atoms with Gasteiger partial charge in [-0.2, -0.15) is 0 Å². The molecule has 1 unspecified atom stereocenters. The van der Waals surface area contributed by atoms with Crippen LogP contribution >= 0.6 is 11.3 Å². The molecule has 1 aliphatic heterocycles. The van der Waals surface area contributed by atoms with Crippen molar-refractivity contribution >= 4 is 11.3 Å². The number of nitrogens with one attached hydrogen (secondary N) is 1. The second-order valence-corrected chi connectivity index (χ2v) is 6.52. The van der Waals surface area contributed by atoms with Crippen LogP contribution in [0, 0.1) is 6.92 Å². The van der Waals surface area contributed by atoms with Crippen molar-refractivity contribution in [1.82, 2.24) is 5.32 Å². The Balaban J connectivity index is 1.94. The molecule has 1 aromatic heterocycles. The van der Waals surface area contributed by atoms with Crippen LogP contribution in [-0.4, -0.2) is 19.8 Å². The van der Waals surface area contributed by atoms with E-state index in [9.17, 15) is 0 Å². The number of rotatable bonds is 4. The fourth-order valence-corrected chi connectivity index (χ4v) is 3.54. The van der Waals surface area contributed by atoms with E-state index in [0.29, 0.717) is 0 Å². The molecule has 1 atom stereocenters. The van der Waals surface area contributed by atoms with E-state index in [1.165, 1.54) is 15.3 Å². The maximum absolute atomic E-state index is 5.81. The molecule has 112 valence electrons. The average molecular weight is 303 g/mol. The molecule has 1 N–H and O–H groups in total. The lowest BCUT2D eigenvalue weighted by Crippen LogP contribution is -2.21. The number of ether oxygens (including phenoxy) is 2. The highest BCUT2D eigenvalue weighted by Crippen LogP contribution is 2.35. The maximum Gasteiger partial charge on any atom is 0.161 e. The number of aryl methyl sites for hydroxylation is 1. The van der Waals surface area contributed by atoms with Gasteiger partial charge in [-0.15, -0.1) is 11.3 Å². The largest absolute Gasteiger partial charge is 0.490 e. The summed E-state index contributed by atoms with van der Waals surface area (Å²) in [6.45, 7) is 6.66. The summed E-state index contributed by atoms with van der Waals surface area (Å²) in [5.74, 6) is 1.72. The Labute approximate surface area is 129 Å². The molecule has 3 rings (SSSR count). The SMILES string of the molecule is CCNC(c1ccc2c(c1)OCCCO2)c1ccc(C)s1. The Hall–Kier alpha value is -1.52. The molecule has 3 nitrogen and oxygen atoms in total. The first-order chi connectivity index (χ1) is 10.3. The highest BCUT2D eigenvalue weighted by Gasteiger charge is 2.18. The van der Waals surface area contributed by atoms with E-state index < -0.39 is 0 Å². The van der Waals surface area contributed by atoms with Gasteiger partial charge in [-0.1, -0.05) is 13.0 Å². The minimum absolute atomic E-state index is 0.214. The minimum Gasteiger partial charge on any atom is -0.490 e. The van der Waals surface area contributed by atoms with Gasteiger partial charge in [0.2, 0.25) is 0 Å². The van der Waals surface area contributed by atoms with Crippen LogP contribution in [0.4, 0.5) is 0 Å². The molecule has 0 radical (unpaired) electrons. The van der Waals surface area contributed by atoms with Crippen molar-refractivity contribution in [1.29, 1.82) is 0 Å². The van der Waals surface area contributed by atoms with Crippen LogP contribution in [0.15, 0.2) is 30.3 Å². The molecule has 0 amide bonds. The zero-order valence-corrected chi connectivity index (χ0v) is 13.3. The fraction of sp³-hybridized carbons (Fsp3) is 0.412. The maximum atomic E-state index is 5.81. The molecular formula is C17H21NO2S. The van der Waals surface area contributed by atoms with Gasteiger partial charge in [0.05, 0.1) is 19.3 Å². The standard InChI is InChI=1S/C17H21NO2S/c1-3-18-17(16-8-5-12(2)21-16)13-6-7-14-15(11-13)20-10-4-9-19-14/h5-8,11,17-18H,3-4,9-10H2,1-2H3. The molecule has 2 aromatic rings. The van der Waals surface area contributed by atoms with Gasteiger partial charge in [-0.3, -0.25) is 0 Å². The summed E-state index contributed by atoms with van der Waals surface area (Å²) in [5, 5.41) is 3.57. The van der Waals surface area contributed by atoms with E-state index in [4.69, 9.17) is 9.47 Å². The van der Waals surface area contributed by atoms with Crippen molar-refractivity contribution in [3.05, 3.63) is 45.6 Å². The average Bonchev–Trinajstić information content (AvgIpc) is 2.78. The number of thiophene rings is 1. The van der Waals surface area contributed by atoms with Crippen LogP contribution in [0.5, 0.6) is 11.5 Å². The van der Waals surface area contributed by atoms with Crippen LogP contribution in [0.3, 0.4) is 0 Å². The highest BCUT2D eigenvalue weighted by atomic mass is 32.1. The molecule has 0 fully saturated rings. The predicted molar refractivity (Wildman–Crippen MR) is 86.6 cm³/mol. The Kier molecular flexibility index (Phi) is 4.46. The lowest BCUT2D eigenvalue weighted by molar-refractivity contribution is 0.297. The van der Waals surface area contributed by atoms with Gasteiger partial charge in [-0.25, -0.2) is 0 Å². The molecule has 21 heavy (non-hydrogen) atoms. The summed E-state index contributed by atoms with van der Waals surface area (Å²) >= 11 is 1.84. The summed E-state index contributed by atoms with van der Waals surface area (Å²) in [5.41, 5.74) is 1.22. The highest BCUT2D eigenvalue weighted by molar-refractivity contribution is 7.12. The van der Waals surface area contributed by atoms with Crippen molar-refractivity contribution in [2.45, 2.75) is 26.3 Å². The smallest absolute Gasteiger partial charge is 0.161 e. The van der Waals surface area contributed by atoms with E-state index >= 15 is 0 Å². The predicted octanol–water partition coefficient (Wildman–Crippen LogP) is 3.92. The van der Waals surface area contributed by atoms with Crippen molar-refractivity contribution in [3.8, 4) is 11.5 Å². The lowest BCUT2D eigenvalue weighted by atomic mass is 10.0. The van der Waals surface area contributed by atoms with Crippen molar-refractivity contribution in [2.24, 2.45) is 0 Å². The third-order valence-electron chi connectivity index (χ3n) is 3.56. The summed E-state index contributed by atoms with van der Waals surface area (Å²) in [4.78, 5) is 2.67. The third-order valence-corrected chi connectivity index (χ3v) is 4.62. The molecular weight excluding hydrogens is 282 g/mol. The van der Waals surface area contributed by atoms with Gasteiger partial charge in [0.25, 0.3) is 0 Å². The van der Waals surface area contributed by atoms with E-state index in [1.807, 2.05) is 17.4 Å². The molecule has 1 aliphatic rings. The van der Waals surface area contributed by atoms with E-state index in [-0.39, 0.29) is 6.04 Å². The second-order valence-electron chi connectivity index (χ2n) is 5.20. The Morgan fingerprint density at radius 3 is 2.67 bits per heavy atom. The number of fused-ring (bicyclic) bond motifs is 1. The molecule has 0 aliphatic carbocycles. The molecule has 0 saturated carbocycles. The fourth-order valence-electron chi connectivity index (χ4n) is 2.55. The summed E-state index contributed by atoms with van der Waals surface area (Å²) in [6, 6.07) is 10.9. The molecule has 0 spiro atoms. The normalized spacial score (nSPS) is 15.5. The van der Waals surface area contributed by atoms with Gasteiger partial charge in [-0.05, 0) is 43.3 Å². The Morgan fingerprint density at radius 2 is 1.95 bits per heavy atom. The quantitative estimate of drug-likeness (QED) is 0.928. The first-order valence-corrected chi connectivity index (χ1v) is 8.29. The van der Waals surface area contributed by atoms with Gasteiger partial charge >= 0.3 is 0 Å². The zero-order chi connectivity index (χ0) is 14.7. The molecule has 0 saturated heterocycles. The molecule has 4 heteroatoms. The summed E-state index contributed by atoms with van der Waals surface area (Å²) in [6.07, 6.45) is 0.935. The van der Waals surface area contributed by atoms with Gasteiger partial charge in [0.15, 0.2) is 11.5 Å². The first kappa shape index (κ1) is 14.4. The van der Waals surface area contributed by atoms with E-state index in [0.717, 1.165) is 37.7 Å². The van der Waals surface area contributed by atoms with Gasteiger partial charge in [0, 0.05) is 16.2 Å². The van der Waals surface area contributed by atoms with Crippen molar-refractivity contribution in [2.75, 3.05) is 19.8 Å². The minimum atomic E-state index is 0.214. The number of hydrogen-bond acceptors (Lipinski definition) is 4. The topological polar surface area (TPSA) is 30.5 Å². The number of benzene rings is 1. The summed E-state index contributed by atoms with van der Waals surface area (Å²) < 4.78 is 11.5. The Morgan fingerprint density at radius 1 is 1.14 bits per heavy atom. The monoisotopic (exact) mass is 303 g/mol. The van der Waals surface area contributed by atoms with E-state index in [2.05, 4.69) is 43.4 Å². The van der Waals surface area contributed by atoms with Crippen molar-refractivity contribution in [3.63, 3.8) is 0 Å². The second kappa shape index (κ2) is 6.50. The van der Waals surface area contributed by atoms with Gasteiger partial charge < -0.3 is 14.8 Å². The van der Waals surface area contributed by atoms with Gasteiger partial charge in [0.1, 0.15) is 0 Å². The molecule has 1 aromatic carbocycles. The zero-order valence-electron chi connectivity index (χ0n) is 12.5. The van der Waals surface area contributed by atoms with E-state index in [1.54, 1.807) is 0 Å². The molecule has 2 heterocycles. The molecule has 0 bridgehead atoms. The van der Waals surface area contributed by atoms with Crippen LogP contribution < -0.4 is 14.8 Å².